The molecule has 38 heavy (non-hydrogen) atoms. The third-order valence-corrected chi connectivity index (χ3v) is 6.07. The molecule has 0 radical (unpaired) electrons. The lowest BCUT2D eigenvalue weighted by atomic mass is 9.99. The Morgan fingerprint density at radius 2 is 1.71 bits per heavy atom. The number of alkyl carbamates (subject to hydrolysis) is 1. The third-order valence-electron chi connectivity index (χ3n) is 6.07. The van der Waals surface area contributed by atoms with Crippen LogP contribution < -0.4 is 10.6 Å². The number of nitrogens with one attached hydrogen (secondary N) is 2. The molecule has 0 saturated carbocycles. The molecule has 208 valence electrons. The van der Waals surface area contributed by atoms with Gasteiger partial charge in [-0.1, -0.05) is 56.2 Å². The van der Waals surface area contributed by atoms with Gasteiger partial charge in [0.2, 0.25) is 11.8 Å². The van der Waals surface area contributed by atoms with Crippen molar-refractivity contribution >= 4 is 17.9 Å². The van der Waals surface area contributed by atoms with Crippen molar-refractivity contribution in [3.05, 3.63) is 65.2 Å². The lowest BCUT2D eigenvalue weighted by Gasteiger charge is -2.34. The number of rotatable bonds is 12. The standard InChI is InChI=1S/C30H43N3O5/c1-7-9-13-18-31-27(35)26(23-16-17-25(34)21(3)19-23)33(8-2)28(36)24(20-22-14-11-10-12-15-22)32-29(37)38-30(4,5)6/h10-12,14-17,19,24,26,34H,7-9,13,18,20H2,1-6H3,(H,31,35)(H,32,37). The number of carbonyl (C=O) groups excluding carboxylic acids is 3. The molecule has 0 aromatic heterocycles. The highest BCUT2D eigenvalue weighted by Gasteiger charge is 2.35. The Hall–Kier alpha value is -3.55. The smallest absolute Gasteiger partial charge is 0.408 e. The lowest BCUT2D eigenvalue weighted by Crippen LogP contribution is -2.53. The number of nitrogens with zero attached hydrogens (tertiary/aromatic N) is 1. The number of benzene rings is 2. The molecule has 2 rings (SSSR count). The van der Waals surface area contributed by atoms with Crippen molar-refractivity contribution in [3.63, 3.8) is 0 Å². The van der Waals surface area contributed by atoms with Crippen molar-refractivity contribution < 1.29 is 24.2 Å². The first-order valence-corrected chi connectivity index (χ1v) is 13.4. The Labute approximate surface area is 226 Å². The lowest BCUT2D eigenvalue weighted by molar-refractivity contribution is -0.142. The predicted molar refractivity (Wildman–Crippen MR) is 149 cm³/mol. The first-order chi connectivity index (χ1) is 18.0. The normalized spacial score (nSPS) is 12.8. The Kier molecular flexibility index (Phi) is 11.6. The minimum atomic E-state index is -0.958. The van der Waals surface area contributed by atoms with E-state index in [1.807, 2.05) is 30.3 Å². The average molecular weight is 526 g/mol. The second-order valence-electron chi connectivity index (χ2n) is 10.5. The Bertz CT molecular complexity index is 1070. The van der Waals surface area contributed by atoms with E-state index < -0.39 is 29.7 Å². The highest BCUT2D eigenvalue weighted by atomic mass is 16.6. The van der Waals surface area contributed by atoms with Crippen LogP contribution in [0.15, 0.2) is 48.5 Å². The average Bonchev–Trinajstić information content (AvgIpc) is 2.85. The molecule has 2 atom stereocenters. The highest BCUT2D eigenvalue weighted by Crippen LogP contribution is 2.27. The van der Waals surface area contributed by atoms with Gasteiger partial charge in [0.25, 0.3) is 0 Å². The van der Waals surface area contributed by atoms with Gasteiger partial charge in [-0.2, -0.15) is 0 Å². The third kappa shape index (κ3) is 9.39. The molecule has 3 amide bonds. The zero-order valence-electron chi connectivity index (χ0n) is 23.5. The van der Waals surface area contributed by atoms with Gasteiger partial charge in [-0.15, -0.1) is 0 Å². The van der Waals surface area contributed by atoms with Crippen LogP contribution >= 0.6 is 0 Å². The van der Waals surface area contributed by atoms with Crippen molar-refractivity contribution in [1.29, 1.82) is 0 Å². The van der Waals surface area contributed by atoms with E-state index in [1.165, 1.54) is 11.0 Å². The summed E-state index contributed by atoms with van der Waals surface area (Å²) < 4.78 is 5.44. The summed E-state index contributed by atoms with van der Waals surface area (Å²) in [6.07, 6.45) is 2.37. The minimum Gasteiger partial charge on any atom is -0.508 e. The summed E-state index contributed by atoms with van der Waals surface area (Å²) in [4.78, 5) is 41.8. The van der Waals surface area contributed by atoms with Gasteiger partial charge in [-0.3, -0.25) is 9.59 Å². The molecule has 2 aromatic carbocycles. The van der Waals surface area contributed by atoms with Crippen LogP contribution in [-0.4, -0.2) is 52.6 Å². The Morgan fingerprint density at radius 3 is 2.29 bits per heavy atom. The number of unbranched alkanes of at least 4 members (excludes halogenated alkanes) is 2. The van der Waals surface area contributed by atoms with Crippen LogP contribution in [0.25, 0.3) is 0 Å². The monoisotopic (exact) mass is 525 g/mol. The van der Waals surface area contributed by atoms with E-state index in [-0.39, 0.29) is 24.6 Å². The molecule has 0 spiro atoms. The van der Waals surface area contributed by atoms with Crippen molar-refractivity contribution in [1.82, 2.24) is 15.5 Å². The highest BCUT2D eigenvalue weighted by molar-refractivity contribution is 5.92. The van der Waals surface area contributed by atoms with Gasteiger partial charge in [-0.05, 0) is 69.9 Å². The van der Waals surface area contributed by atoms with Gasteiger partial charge < -0.3 is 25.4 Å². The first-order valence-electron chi connectivity index (χ1n) is 13.4. The number of aryl methyl sites for hydroxylation is 1. The molecule has 0 heterocycles. The molecule has 0 bridgehead atoms. The van der Waals surface area contributed by atoms with E-state index in [1.54, 1.807) is 46.8 Å². The maximum absolute atomic E-state index is 14.1. The van der Waals surface area contributed by atoms with Crippen LogP contribution in [0, 0.1) is 6.92 Å². The number of amides is 3. The van der Waals surface area contributed by atoms with Crippen molar-refractivity contribution in [2.45, 2.75) is 84.9 Å². The van der Waals surface area contributed by atoms with Gasteiger partial charge >= 0.3 is 6.09 Å². The number of carbonyl (C=O) groups is 3. The van der Waals surface area contributed by atoms with Crippen LogP contribution in [0.2, 0.25) is 0 Å². The summed E-state index contributed by atoms with van der Waals surface area (Å²) in [5, 5.41) is 15.8. The number of phenols is 1. The Balaban J connectivity index is 2.44. The molecule has 8 nitrogen and oxygen atoms in total. The van der Waals surface area contributed by atoms with Gasteiger partial charge in [0.1, 0.15) is 23.4 Å². The zero-order chi connectivity index (χ0) is 28.3. The minimum absolute atomic E-state index is 0.110. The van der Waals surface area contributed by atoms with Gasteiger partial charge in [0, 0.05) is 19.5 Å². The quantitative estimate of drug-likeness (QED) is 0.337. The first kappa shape index (κ1) is 30.7. The van der Waals surface area contributed by atoms with E-state index in [4.69, 9.17) is 4.74 Å². The van der Waals surface area contributed by atoms with E-state index in [0.29, 0.717) is 17.7 Å². The van der Waals surface area contributed by atoms with Gasteiger partial charge in [-0.25, -0.2) is 4.79 Å². The van der Waals surface area contributed by atoms with Gasteiger partial charge in [0.05, 0.1) is 0 Å². The molecule has 0 aliphatic heterocycles. The number of hydrogen-bond donors (Lipinski definition) is 3. The van der Waals surface area contributed by atoms with E-state index in [2.05, 4.69) is 17.6 Å². The summed E-state index contributed by atoms with van der Waals surface area (Å²) >= 11 is 0. The van der Waals surface area contributed by atoms with Crippen molar-refractivity contribution in [2.24, 2.45) is 0 Å². The van der Waals surface area contributed by atoms with Gasteiger partial charge in [0.15, 0.2) is 0 Å². The number of aromatic hydroxyl groups is 1. The molecule has 8 heteroatoms. The van der Waals surface area contributed by atoms with E-state index in [9.17, 15) is 19.5 Å². The number of phenolic OH excluding ortho intramolecular Hbond substituents is 1. The molecule has 0 aliphatic carbocycles. The fourth-order valence-electron chi connectivity index (χ4n) is 4.17. The molecule has 0 fully saturated rings. The fraction of sp³-hybridized carbons (Fsp3) is 0.500. The maximum Gasteiger partial charge on any atom is 0.408 e. The SMILES string of the molecule is CCCCCNC(=O)C(c1ccc(O)c(C)c1)N(CC)C(=O)C(Cc1ccccc1)NC(=O)OC(C)(C)C. The summed E-state index contributed by atoms with van der Waals surface area (Å²) in [6, 6.07) is 12.4. The molecule has 2 unspecified atom stereocenters. The van der Waals surface area contributed by atoms with Crippen molar-refractivity contribution in [2.75, 3.05) is 13.1 Å². The molecular weight excluding hydrogens is 482 g/mol. The molecule has 2 aromatic rings. The molecule has 0 saturated heterocycles. The maximum atomic E-state index is 14.1. The topological polar surface area (TPSA) is 108 Å². The molecular formula is C30H43N3O5. The Morgan fingerprint density at radius 1 is 1.03 bits per heavy atom. The number of ether oxygens (including phenoxy) is 1. The predicted octanol–water partition coefficient (Wildman–Crippen LogP) is 5.03. The number of hydrogen-bond acceptors (Lipinski definition) is 5. The largest absolute Gasteiger partial charge is 0.508 e. The summed E-state index contributed by atoms with van der Waals surface area (Å²) in [6.45, 7) is 11.6. The van der Waals surface area contributed by atoms with Crippen molar-refractivity contribution in [3.8, 4) is 5.75 Å². The summed E-state index contributed by atoms with van der Waals surface area (Å²) in [7, 11) is 0. The molecule has 0 aliphatic rings. The number of likely N-dealkylation sites (N-methyl/N-ethyl adjacent to an activating group) is 1. The van der Waals surface area contributed by atoms with Crippen LogP contribution in [0.3, 0.4) is 0 Å². The second kappa shape index (κ2) is 14.4. The summed E-state index contributed by atoms with van der Waals surface area (Å²) in [5.74, 6) is -0.599. The van der Waals surface area contributed by atoms with E-state index >= 15 is 0 Å². The summed E-state index contributed by atoms with van der Waals surface area (Å²) in [5.41, 5.74) is 1.31. The van der Waals surface area contributed by atoms with Crippen LogP contribution in [-0.2, 0) is 20.7 Å². The van der Waals surface area contributed by atoms with E-state index in [0.717, 1.165) is 24.8 Å². The fourth-order valence-corrected chi connectivity index (χ4v) is 4.17. The van der Waals surface area contributed by atoms with Crippen LogP contribution in [0.1, 0.15) is 76.6 Å². The second-order valence-corrected chi connectivity index (χ2v) is 10.5. The van der Waals surface area contributed by atoms with Crippen LogP contribution in [0.5, 0.6) is 5.75 Å². The zero-order valence-corrected chi connectivity index (χ0v) is 23.5. The molecule has 3 N–H and O–H groups in total. The van der Waals surface area contributed by atoms with Crippen LogP contribution in [0.4, 0.5) is 4.79 Å².